The van der Waals surface area contributed by atoms with Crippen LogP contribution in [0.2, 0.25) is 0 Å². The standard InChI is InChI=1S/C8H9N3O/c1-2-3-10-8(12)6-11-5-4-9-7-11/h1,4-5,7H,3,6H2,(H,10,12). The van der Waals surface area contributed by atoms with E-state index in [1.54, 1.807) is 23.3 Å². The van der Waals surface area contributed by atoms with Crippen LogP contribution >= 0.6 is 0 Å². The number of imidazole rings is 1. The Morgan fingerprint density at radius 1 is 1.75 bits per heavy atom. The van der Waals surface area contributed by atoms with Crippen molar-refractivity contribution in [3.63, 3.8) is 0 Å². The summed E-state index contributed by atoms with van der Waals surface area (Å²) in [5.41, 5.74) is 0. The van der Waals surface area contributed by atoms with Crippen molar-refractivity contribution in [3.05, 3.63) is 18.7 Å². The zero-order valence-electron chi connectivity index (χ0n) is 6.53. The first kappa shape index (κ1) is 8.34. The molecule has 1 rings (SSSR count). The molecule has 1 aromatic heterocycles. The largest absolute Gasteiger partial charge is 0.344 e. The summed E-state index contributed by atoms with van der Waals surface area (Å²) >= 11 is 0. The van der Waals surface area contributed by atoms with E-state index in [1.807, 2.05) is 0 Å². The molecule has 0 aliphatic carbocycles. The van der Waals surface area contributed by atoms with Crippen molar-refractivity contribution in [2.45, 2.75) is 6.54 Å². The molecular formula is C8H9N3O. The molecule has 12 heavy (non-hydrogen) atoms. The molecule has 0 aliphatic rings. The molecule has 0 aromatic carbocycles. The van der Waals surface area contributed by atoms with Gasteiger partial charge in [-0.3, -0.25) is 4.79 Å². The van der Waals surface area contributed by atoms with Gasteiger partial charge in [0, 0.05) is 12.4 Å². The van der Waals surface area contributed by atoms with Crippen LogP contribution in [-0.4, -0.2) is 22.0 Å². The fourth-order valence-electron chi connectivity index (χ4n) is 0.752. The molecule has 0 unspecified atom stereocenters. The lowest BCUT2D eigenvalue weighted by Crippen LogP contribution is -2.27. The third-order valence-corrected chi connectivity index (χ3v) is 1.27. The Kier molecular flexibility index (Phi) is 2.91. The molecule has 1 amide bonds. The molecule has 1 aromatic rings. The second-order valence-electron chi connectivity index (χ2n) is 2.22. The molecule has 1 N–H and O–H groups in total. The van der Waals surface area contributed by atoms with Gasteiger partial charge in [-0.25, -0.2) is 4.98 Å². The van der Waals surface area contributed by atoms with E-state index in [4.69, 9.17) is 6.42 Å². The monoisotopic (exact) mass is 163 g/mol. The molecule has 0 bridgehead atoms. The van der Waals surface area contributed by atoms with E-state index in [-0.39, 0.29) is 19.0 Å². The number of aromatic nitrogens is 2. The van der Waals surface area contributed by atoms with Crippen LogP contribution in [0, 0.1) is 12.3 Å². The molecule has 0 saturated heterocycles. The summed E-state index contributed by atoms with van der Waals surface area (Å²) in [4.78, 5) is 14.8. The van der Waals surface area contributed by atoms with Gasteiger partial charge in [0.05, 0.1) is 12.9 Å². The Morgan fingerprint density at radius 2 is 2.58 bits per heavy atom. The van der Waals surface area contributed by atoms with Crippen molar-refractivity contribution in [1.82, 2.24) is 14.9 Å². The van der Waals surface area contributed by atoms with Crippen molar-refractivity contribution in [2.24, 2.45) is 0 Å². The maximum atomic E-state index is 11.0. The maximum Gasteiger partial charge on any atom is 0.240 e. The highest BCUT2D eigenvalue weighted by Crippen LogP contribution is 1.84. The van der Waals surface area contributed by atoms with Crippen molar-refractivity contribution in [3.8, 4) is 12.3 Å². The van der Waals surface area contributed by atoms with Crippen LogP contribution in [0.3, 0.4) is 0 Å². The van der Waals surface area contributed by atoms with Crippen molar-refractivity contribution in [1.29, 1.82) is 0 Å². The van der Waals surface area contributed by atoms with E-state index in [1.165, 1.54) is 0 Å². The fraction of sp³-hybridized carbons (Fsp3) is 0.250. The van der Waals surface area contributed by atoms with E-state index in [9.17, 15) is 4.79 Å². The molecule has 0 atom stereocenters. The quantitative estimate of drug-likeness (QED) is 0.618. The molecule has 4 nitrogen and oxygen atoms in total. The average molecular weight is 163 g/mol. The van der Waals surface area contributed by atoms with E-state index in [2.05, 4.69) is 16.2 Å². The van der Waals surface area contributed by atoms with Gasteiger partial charge >= 0.3 is 0 Å². The van der Waals surface area contributed by atoms with E-state index >= 15 is 0 Å². The Balaban J connectivity index is 2.33. The number of terminal acetylenes is 1. The Bertz CT molecular complexity index is 284. The maximum absolute atomic E-state index is 11.0. The van der Waals surface area contributed by atoms with Crippen LogP contribution in [-0.2, 0) is 11.3 Å². The predicted molar refractivity (Wildman–Crippen MR) is 44.1 cm³/mol. The zero-order chi connectivity index (χ0) is 8.81. The van der Waals surface area contributed by atoms with E-state index < -0.39 is 0 Å². The van der Waals surface area contributed by atoms with E-state index in [0.717, 1.165) is 0 Å². The summed E-state index contributed by atoms with van der Waals surface area (Å²) in [5.74, 6) is 2.22. The van der Waals surface area contributed by atoms with Gasteiger partial charge in [0.1, 0.15) is 6.54 Å². The third-order valence-electron chi connectivity index (χ3n) is 1.27. The molecule has 62 valence electrons. The number of rotatable bonds is 3. The first-order valence-corrected chi connectivity index (χ1v) is 3.49. The van der Waals surface area contributed by atoms with Gasteiger partial charge in [0.2, 0.25) is 5.91 Å². The second-order valence-corrected chi connectivity index (χ2v) is 2.22. The Hall–Kier alpha value is -1.76. The number of carbonyl (C=O) groups is 1. The Morgan fingerprint density at radius 3 is 3.17 bits per heavy atom. The van der Waals surface area contributed by atoms with Crippen molar-refractivity contribution in [2.75, 3.05) is 6.54 Å². The van der Waals surface area contributed by atoms with Crippen molar-refractivity contribution < 1.29 is 4.79 Å². The van der Waals surface area contributed by atoms with Crippen LogP contribution in [0.25, 0.3) is 0 Å². The third kappa shape index (κ3) is 2.46. The lowest BCUT2D eigenvalue weighted by atomic mass is 10.5. The fourth-order valence-corrected chi connectivity index (χ4v) is 0.752. The molecule has 0 spiro atoms. The van der Waals surface area contributed by atoms with Crippen LogP contribution in [0.5, 0.6) is 0 Å². The highest BCUT2D eigenvalue weighted by molar-refractivity contribution is 5.75. The van der Waals surface area contributed by atoms with Gasteiger partial charge in [-0.05, 0) is 0 Å². The predicted octanol–water partition coefficient (Wildman–Crippen LogP) is -0.368. The summed E-state index contributed by atoms with van der Waals surface area (Å²) in [5, 5.41) is 2.55. The number of hydrogen-bond acceptors (Lipinski definition) is 2. The first-order chi connectivity index (χ1) is 5.83. The molecule has 0 fully saturated rings. The number of hydrogen-bond donors (Lipinski definition) is 1. The molecule has 0 radical (unpaired) electrons. The topological polar surface area (TPSA) is 46.9 Å². The van der Waals surface area contributed by atoms with Crippen LogP contribution < -0.4 is 5.32 Å². The van der Waals surface area contributed by atoms with Gasteiger partial charge < -0.3 is 9.88 Å². The number of nitrogens with one attached hydrogen (secondary N) is 1. The molecule has 0 aliphatic heterocycles. The van der Waals surface area contributed by atoms with Gasteiger partial charge in [-0.1, -0.05) is 5.92 Å². The summed E-state index contributed by atoms with van der Waals surface area (Å²) < 4.78 is 1.67. The average Bonchev–Trinajstić information content (AvgIpc) is 2.53. The minimum absolute atomic E-state index is 0.106. The highest BCUT2D eigenvalue weighted by Gasteiger charge is 1.98. The number of carbonyl (C=O) groups excluding carboxylic acids is 1. The Labute approximate surface area is 70.6 Å². The number of amides is 1. The molecule has 4 heteroatoms. The van der Waals surface area contributed by atoms with Gasteiger partial charge in [-0.2, -0.15) is 0 Å². The van der Waals surface area contributed by atoms with Crippen LogP contribution in [0.1, 0.15) is 0 Å². The van der Waals surface area contributed by atoms with Crippen molar-refractivity contribution >= 4 is 5.91 Å². The summed E-state index contributed by atoms with van der Waals surface area (Å²) in [6, 6.07) is 0. The van der Waals surface area contributed by atoms with Gasteiger partial charge in [0.15, 0.2) is 0 Å². The van der Waals surface area contributed by atoms with E-state index in [0.29, 0.717) is 0 Å². The second kappa shape index (κ2) is 4.19. The van der Waals surface area contributed by atoms with Crippen LogP contribution in [0.4, 0.5) is 0 Å². The zero-order valence-corrected chi connectivity index (χ0v) is 6.53. The SMILES string of the molecule is C#CCNC(=O)Cn1ccnc1. The summed E-state index contributed by atoms with van der Waals surface area (Å²) in [6.45, 7) is 0.537. The summed E-state index contributed by atoms with van der Waals surface area (Å²) in [7, 11) is 0. The smallest absolute Gasteiger partial charge is 0.240 e. The molecular weight excluding hydrogens is 154 g/mol. The summed E-state index contributed by atoms with van der Waals surface area (Å²) in [6.07, 6.45) is 9.88. The number of nitrogens with zero attached hydrogens (tertiary/aromatic N) is 2. The first-order valence-electron chi connectivity index (χ1n) is 3.49. The minimum atomic E-state index is -0.106. The molecule has 0 saturated carbocycles. The lowest BCUT2D eigenvalue weighted by Gasteiger charge is -2.00. The van der Waals surface area contributed by atoms with Gasteiger partial charge in [-0.15, -0.1) is 6.42 Å². The lowest BCUT2D eigenvalue weighted by molar-refractivity contribution is -0.121. The van der Waals surface area contributed by atoms with Gasteiger partial charge in [0.25, 0.3) is 0 Å². The minimum Gasteiger partial charge on any atom is -0.344 e. The van der Waals surface area contributed by atoms with Crippen LogP contribution in [0.15, 0.2) is 18.7 Å². The highest BCUT2D eigenvalue weighted by atomic mass is 16.1. The normalized spacial score (nSPS) is 8.92. The molecule has 1 heterocycles.